The van der Waals surface area contributed by atoms with Crippen LogP contribution in [-0.4, -0.2) is 61.0 Å². The number of esters is 1. The highest BCUT2D eigenvalue weighted by Crippen LogP contribution is 2.29. The smallest absolute Gasteiger partial charge is 0.338 e. The standard InChI is InChI=1S/C28H31N3O3/c1-2-34-28(33)24-13-15-25(16-14-24)29-26(32)21-30-17-19-31(20-18-30)27(22-9-5-3-6-10-22)23-11-7-4-8-12-23/h3-16,27H,2,17-21H2,1H3,(H,29,32). The third kappa shape index (κ3) is 6.10. The van der Waals surface area contributed by atoms with Gasteiger partial charge in [-0.2, -0.15) is 0 Å². The predicted octanol–water partition coefficient (Wildman–Crippen LogP) is 4.21. The molecular weight excluding hydrogens is 426 g/mol. The van der Waals surface area contributed by atoms with Gasteiger partial charge in [-0.25, -0.2) is 4.79 Å². The Morgan fingerprint density at radius 1 is 0.824 bits per heavy atom. The molecule has 1 aliphatic rings. The first-order valence-electron chi connectivity index (χ1n) is 11.8. The summed E-state index contributed by atoms with van der Waals surface area (Å²) in [7, 11) is 0. The van der Waals surface area contributed by atoms with E-state index in [1.807, 2.05) is 12.1 Å². The lowest BCUT2D eigenvalue weighted by Gasteiger charge is -2.39. The zero-order valence-corrected chi connectivity index (χ0v) is 19.5. The Hall–Kier alpha value is -3.48. The van der Waals surface area contributed by atoms with Crippen molar-refractivity contribution in [3.05, 3.63) is 102 Å². The van der Waals surface area contributed by atoms with Crippen LogP contribution in [0.2, 0.25) is 0 Å². The minimum Gasteiger partial charge on any atom is -0.462 e. The Kier molecular flexibility index (Phi) is 8.07. The van der Waals surface area contributed by atoms with Gasteiger partial charge in [-0.05, 0) is 42.3 Å². The average Bonchev–Trinajstić information content (AvgIpc) is 2.87. The number of hydrogen-bond acceptors (Lipinski definition) is 5. The summed E-state index contributed by atoms with van der Waals surface area (Å²) in [4.78, 5) is 29.1. The van der Waals surface area contributed by atoms with Crippen LogP contribution in [0.15, 0.2) is 84.9 Å². The second kappa shape index (κ2) is 11.6. The van der Waals surface area contributed by atoms with Crippen molar-refractivity contribution >= 4 is 17.6 Å². The van der Waals surface area contributed by atoms with E-state index in [1.165, 1.54) is 11.1 Å². The Morgan fingerprint density at radius 3 is 1.91 bits per heavy atom. The fraction of sp³-hybridized carbons (Fsp3) is 0.286. The first-order chi connectivity index (χ1) is 16.6. The number of ether oxygens (including phenoxy) is 1. The molecule has 176 valence electrons. The van der Waals surface area contributed by atoms with Gasteiger partial charge in [0.1, 0.15) is 0 Å². The third-order valence-electron chi connectivity index (χ3n) is 6.05. The number of anilines is 1. The molecule has 0 bridgehead atoms. The number of amides is 1. The molecule has 4 rings (SSSR count). The van der Waals surface area contributed by atoms with Gasteiger partial charge in [-0.15, -0.1) is 0 Å². The van der Waals surface area contributed by atoms with E-state index in [9.17, 15) is 9.59 Å². The van der Waals surface area contributed by atoms with Crippen LogP contribution in [0.4, 0.5) is 5.69 Å². The largest absolute Gasteiger partial charge is 0.462 e. The van der Waals surface area contributed by atoms with Gasteiger partial charge < -0.3 is 10.1 Å². The maximum atomic E-state index is 12.6. The fourth-order valence-corrected chi connectivity index (χ4v) is 4.37. The van der Waals surface area contributed by atoms with Crippen molar-refractivity contribution in [3.8, 4) is 0 Å². The summed E-state index contributed by atoms with van der Waals surface area (Å²) in [5.74, 6) is -0.414. The number of hydrogen-bond donors (Lipinski definition) is 1. The predicted molar refractivity (Wildman–Crippen MR) is 134 cm³/mol. The molecule has 1 amide bonds. The Morgan fingerprint density at radius 2 is 1.38 bits per heavy atom. The Labute approximate surface area is 201 Å². The number of carbonyl (C=O) groups excluding carboxylic acids is 2. The van der Waals surface area contributed by atoms with Crippen LogP contribution in [0.3, 0.4) is 0 Å². The molecule has 6 nitrogen and oxygen atoms in total. The highest BCUT2D eigenvalue weighted by molar-refractivity contribution is 5.94. The minimum absolute atomic E-state index is 0.0556. The molecule has 0 radical (unpaired) electrons. The topological polar surface area (TPSA) is 61.9 Å². The molecule has 1 saturated heterocycles. The number of rotatable bonds is 8. The van der Waals surface area contributed by atoms with Crippen molar-refractivity contribution < 1.29 is 14.3 Å². The molecule has 3 aromatic carbocycles. The summed E-state index contributed by atoms with van der Waals surface area (Å²) in [5.41, 5.74) is 3.71. The van der Waals surface area contributed by atoms with Gasteiger partial charge >= 0.3 is 5.97 Å². The lowest BCUT2D eigenvalue weighted by atomic mass is 9.96. The SMILES string of the molecule is CCOC(=O)c1ccc(NC(=O)CN2CCN(C(c3ccccc3)c3ccccc3)CC2)cc1. The normalized spacial score (nSPS) is 14.6. The molecule has 0 aliphatic carbocycles. The van der Waals surface area contributed by atoms with Gasteiger partial charge in [0, 0.05) is 31.9 Å². The maximum Gasteiger partial charge on any atom is 0.338 e. The van der Waals surface area contributed by atoms with Gasteiger partial charge in [0.25, 0.3) is 0 Å². The molecule has 0 atom stereocenters. The molecule has 0 unspecified atom stereocenters. The van der Waals surface area contributed by atoms with E-state index in [-0.39, 0.29) is 17.9 Å². The quantitative estimate of drug-likeness (QED) is 0.514. The van der Waals surface area contributed by atoms with E-state index in [4.69, 9.17) is 4.74 Å². The lowest BCUT2D eigenvalue weighted by molar-refractivity contribution is -0.117. The monoisotopic (exact) mass is 457 g/mol. The number of nitrogens with one attached hydrogen (secondary N) is 1. The van der Waals surface area contributed by atoms with Crippen LogP contribution in [-0.2, 0) is 9.53 Å². The zero-order valence-electron chi connectivity index (χ0n) is 19.5. The molecular formula is C28H31N3O3. The molecule has 0 aromatic heterocycles. The van der Waals surface area contributed by atoms with E-state index in [2.05, 4.69) is 63.6 Å². The second-order valence-electron chi connectivity index (χ2n) is 8.38. The summed E-state index contributed by atoms with van der Waals surface area (Å²) >= 11 is 0. The molecule has 1 fully saturated rings. The van der Waals surface area contributed by atoms with E-state index in [1.54, 1.807) is 31.2 Å². The molecule has 1 aliphatic heterocycles. The van der Waals surface area contributed by atoms with Crippen molar-refractivity contribution in [1.82, 2.24) is 9.80 Å². The van der Waals surface area contributed by atoms with Gasteiger partial charge in [-0.1, -0.05) is 60.7 Å². The highest BCUT2D eigenvalue weighted by atomic mass is 16.5. The van der Waals surface area contributed by atoms with Gasteiger partial charge in [0.05, 0.1) is 24.8 Å². The van der Waals surface area contributed by atoms with Crippen molar-refractivity contribution in [3.63, 3.8) is 0 Å². The molecule has 6 heteroatoms. The van der Waals surface area contributed by atoms with Gasteiger partial charge in [0.15, 0.2) is 0 Å². The van der Waals surface area contributed by atoms with Crippen molar-refractivity contribution in [2.24, 2.45) is 0 Å². The summed E-state index contributed by atoms with van der Waals surface area (Å²) < 4.78 is 4.99. The first-order valence-corrected chi connectivity index (χ1v) is 11.8. The third-order valence-corrected chi connectivity index (χ3v) is 6.05. The second-order valence-corrected chi connectivity index (χ2v) is 8.38. The summed E-state index contributed by atoms with van der Waals surface area (Å²) in [5, 5.41) is 2.93. The van der Waals surface area contributed by atoms with Crippen molar-refractivity contribution in [2.45, 2.75) is 13.0 Å². The molecule has 34 heavy (non-hydrogen) atoms. The molecule has 1 N–H and O–H groups in total. The number of nitrogens with zero attached hydrogens (tertiary/aromatic N) is 2. The van der Waals surface area contributed by atoms with Crippen molar-refractivity contribution in [1.29, 1.82) is 0 Å². The van der Waals surface area contributed by atoms with E-state index in [0.717, 1.165) is 26.2 Å². The maximum absolute atomic E-state index is 12.6. The Balaban J connectivity index is 1.32. The zero-order chi connectivity index (χ0) is 23.8. The van der Waals surface area contributed by atoms with Crippen LogP contribution >= 0.6 is 0 Å². The van der Waals surface area contributed by atoms with E-state index < -0.39 is 0 Å². The van der Waals surface area contributed by atoms with Gasteiger partial charge in [0.2, 0.25) is 5.91 Å². The lowest BCUT2D eigenvalue weighted by Crippen LogP contribution is -2.49. The summed E-state index contributed by atoms with van der Waals surface area (Å²) in [6, 6.07) is 28.2. The van der Waals surface area contributed by atoms with Gasteiger partial charge in [-0.3, -0.25) is 14.6 Å². The molecule has 3 aromatic rings. The van der Waals surface area contributed by atoms with Crippen LogP contribution in [0.1, 0.15) is 34.5 Å². The van der Waals surface area contributed by atoms with Crippen LogP contribution in [0.25, 0.3) is 0 Å². The molecule has 0 spiro atoms. The number of piperazine rings is 1. The summed E-state index contributed by atoms with van der Waals surface area (Å²) in [6.45, 7) is 5.87. The minimum atomic E-state index is -0.359. The first kappa shape index (κ1) is 23.7. The Bertz CT molecular complexity index is 1020. The molecule has 1 heterocycles. The number of benzene rings is 3. The highest BCUT2D eigenvalue weighted by Gasteiger charge is 2.27. The van der Waals surface area contributed by atoms with Crippen LogP contribution < -0.4 is 5.32 Å². The van der Waals surface area contributed by atoms with E-state index >= 15 is 0 Å². The summed E-state index contributed by atoms with van der Waals surface area (Å²) in [6.07, 6.45) is 0. The van der Waals surface area contributed by atoms with Crippen molar-refractivity contribution in [2.75, 3.05) is 44.6 Å². The fourth-order valence-electron chi connectivity index (χ4n) is 4.37. The number of carbonyl (C=O) groups is 2. The molecule has 0 saturated carbocycles. The average molecular weight is 458 g/mol. The van der Waals surface area contributed by atoms with Crippen LogP contribution in [0.5, 0.6) is 0 Å². The van der Waals surface area contributed by atoms with E-state index in [0.29, 0.717) is 24.4 Å². The van der Waals surface area contributed by atoms with Crippen LogP contribution in [0, 0.1) is 0 Å².